The molecule has 88 valence electrons. The van der Waals surface area contributed by atoms with E-state index in [9.17, 15) is 10.1 Å². The van der Waals surface area contributed by atoms with E-state index in [-0.39, 0.29) is 22.7 Å². The van der Waals surface area contributed by atoms with Gasteiger partial charge in [-0.25, -0.2) is 0 Å². The fraction of sp³-hybridized carbons (Fsp3) is 0.455. The third kappa shape index (κ3) is 3.29. The third-order valence-electron chi connectivity index (χ3n) is 2.47. The van der Waals surface area contributed by atoms with Gasteiger partial charge in [-0.15, -0.1) is 0 Å². The molecule has 0 heterocycles. The molecule has 5 heteroatoms. The van der Waals surface area contributed by atoms with Crippen LogP contribution in [0.2, 0.25) is 0 Å². The Labute approximate surface area is 94.8 Å². The van der Waals surface area contributed by atoms with Gasteiger partial charge in [0.15, 0.2) is 0 Å². The van der Waals surface area contributed by atoms with Crippen LogP contribution < -0.4 is 11.1 Å². The van der Waals surface area contributed by atoms with E-state index in [1.54, 1.807) is 12.1 Å². The zero-order valence-corrected chi connectivity index (χ0v) is 9.51. The third-order valence-corrected chi connectivity index (χ3v) is 2.47. The first-order valence-corrected chi connectivity index (χ1v) is 5.25. The molecule has 0 bridgehead atoms. The standard InChI is InChI=1S/C11H17N3O2/c1-8(7-12)13-9(2)10-4-3-5-11(6-10)14(15)16/h3-6,8-9,13H,7,12H2,1-2H3. The van der Waals surface area contributed by atoms with E-state index in [0.29, 0.717) is 6.54 Å². The van der Waals surface area contributed by atoms with Crippen LogP contribution in [0.5, 0.6) is 0 Å². The molecular weight excluding hydrogens is 206 g/mol. The first-order valence-electron chi connectivity index (χ1n) is 5.25. The Hall–Kier alpha value is -1.46. The number of rotatable bonds is 5. The second kappa shape index (κ2) is 5.58. The quantitative estimate of drug-likeness (QED) is 0.586. The minimum absolute atomic E-state index is 0.0541. The molecule has 3 N–H and O–H groups in total. The Bertz CT molecular complexity index is 368. The fourth-order valence-corrected chi connectivity index (χ4v) is 1.50. The number of nitrogens with one attached hydrogen (secondary N) is 1. The maximum atomic E-state index is 10.6. The minimum Gasteiger partial charge on any atom is -0.329 e. The molecule has 0 aromatic heterocycles. The molecule has 2 unspecified atom stereocenters. The zero-order valence-electron chi connectivity index (χ0n) is 9.51. The van der Waals surface area contributed by atoms with Gasteiger partial charge in [-0.1, -0.05) is 12.1 Å². The van der Waals surface area contributed by atoms with Crippen LogP contribution in [-0.4, -0.2) is 17.5 Å². The molecule has 0 amide bonds. The lowest BCUT2D eigenvalue weighted by Crippen LogP contribution is -2.35. The van der Waals surface area contributed by atoms with E-state index < -0.39 is 0 Å². The minimum atomic E-state index is -0.386. The topological polar surface area (TPSA) is 81.2 Å². The van der Waals surface area contributed by atoms with Crippen molar-refractivity contribution in [1.82, 2.24) is 5.32 Å². The molecule has 1 rings (SSSR count). The van der Waals surface area contributed by atoms with E-state index in [0.717, 1.165) is 5.56 Å². The first-order chi connectivity index (χ1) is 7.54. The van der Waals surface area contributed by atoms with Crippen LogP contribution in [-0.2, 0) is 0 Å². The molecule has 5 nitrogen and oxygen atoms in total. The van der Waals surface area contributed by atoms with Crippen molar-refractivity contribution in [2.75, 3.05) is 6.54 Å². The number of nitro groups is 1. The summed E-state index contributed by atoms with van der Waals surface area (Å²) >= 11 is 0. The summed E-state index contributed by atoms with van der Waals surface area (Å²) in [6, 6.07) is 6.88. The van der Waals surface area contributed by atoms with E-state index >= 15 is 0 Å². The van der Waals surface area contributed by atoms with Gasteiger partial charge in [0.25, 0.3) is 5.69 Å². The van der Waals surface area contributed by atoms with Crippen LogP contribution in [0.15, 0.2) is 24.3 Å². The molecule has 16 heavy (non-hydrogen) atoms. The number of nitrogens with zero attached hydrogens (tertiary/aromatic N) is 1. The molecule has 0 spiro atoms. The summed E-state index contributed by atoms with van der Waals surface area (Å²) in [6.07, 6.45) is 0. The highest BCUT2D eigenvalue weighted by Gasteiger charge is 2.12. The predicted octanol–water partition coefficient (Wildman–Crippen LogP) is 1.59. The number of benzene rings is 1. The van der Waals surface area contributed by atoms with Crippen LogP contribution in [0.1, 0.15) is 25.5 Å². The second-order valence-corrected chi connectivity index (χ2v) is 3.88. The van der Waals surface area contributed by atoms with Crippen molar-refractivity contribution >= 4 is 5.69 Å². The molecule has 0 aliphatic carbocycles. The summed E-state index contributed by atoms with van der Waals surface area (Å²) in [4.78, 5) is 10.2. The van der Waals surface area contributed by atoms with Crippen molar-refractivity contribution in [3.05, 3.63) is 39.9 Å². The van der Waals surface area contributed by atoms with Crippen molar-refractivity contribution in [2.45, 2.75) is 25.9 Å². The van der Waals surface area contributed by atoms with Gasteiger partial charge in [-0.3, -0.25) is 10.1 Å². The lowest BCUT2D eigenvalue weighted by molar-refractivity contribution is -0.384. The molecule has 0 radical (unpaired) electrons. The van der Waals surface area contributed by atoms with Gasteiger partial charge >= 0.3 is 0 Å². The summed E-state index contributed by atoms with van der Waals surface area (Å²) in [5, 5.41) is 13.9. The largest absolute Gasteiger partial charge is 0.329 e. The number of hydrogen-bond acceptors (Lipinski definition) is 4. The summed E-state index contributed by atoms with van der Waals surface area (Å²) in [6.45, 7) is 4.48. The lowest BCUT2D eigenvalue weighted by Gasteiger charge is -2.18. The number of nitro benzene ring substituents is 1. The summed E-state index contributed by atoms with van der Waals surface area (Å²) in [5.41, 5.74) is 6.52. The van der Waals surface area contributed by atoms with Crippen molar-refractivity contribution < 1.29 is 4.92 Å². The van der Waals surface area contributed by atoms with E-state index in [4.69, 9.17) is 5.73 Å². The van der Waals surface area contributed by atoms with Crippen LogP contribution in [0.3, 0.4) is 0 Å². The Balaban J connectivity index is 2.79. The van der Waals surface area contributed by atoms with Crippen LogP contribution in [0.4, 0.5) is 5.69 Å². The van der Waals surface area contributed by atoms with Gasteiger partial charge < -0.3 is 11.1 Å². The van der Waals surface area contributed by atoms with Gasteiger partial charge in [-0.2, -0.15) is 0 Å². The predicted molar refractivity (Wildman–Crippen MR) is 63.2 cm³/mol. The fourth-order valence-electron chi connectivity index (χ4n) is 1.50. The van der Waals surface area contributed by atoms with E-state index in [1.165, 1.54) is 6.07 Å². The van der Waals surface area contributed by atoms with E-state index in [1.807, 2.05) is 19.9 Å². The maximum Gasteiger partial charge on any atom is 0.269 e. The Morgan fingerprint density at radius 2 is 2.19 bits per heavy atom. The van der Waals surface area contributed by atoms with Crippen LogP contribution in [0.25, 0.3) is 0 Å². The molecule has 1 aromatic carbocycles. The molecule has 1 aromatic rings. The Morgan fingerprint density at radius 1 is 1.50 bits per heavy atom. The van der Waals surface area contributed by atoms with Gasteiger partial charge in [0, 0.05) is 30.8 Å². The second-order valence-electron chi connectivity index (χ2n) is 3.88. The smallest absolute Gasteiger partial charge is 0.269 e. The molecule has 0 aliphatic rings. The molecule has 0 fully saturated rings. The number of nitrogens with two attached hydrogens (primary N) is 1. The average molecular weight is 223 g/mol. The number of hydrogen-bond donors (Lipinski definition) is 2. The average Bonchev–Trinajstić information content (AvgIpc) is 2.28. The monoisotopic (exact) mass is 223 g/mol. The summed E-state index contributed by atoms with van der Waals surface area (Å²) in [5.74, 6) is 0. The Morgan fingerprint density at radius 3 is 2.75 bits per heavy atom. The highest BCUT2D eigenvalue weighted by atomic mass is 16.6. The van der Waals surface area contributed by atoms with Gasteiger partial charge in [0.05, 0.1) is 4.92 Å². The summed E-state index contributed by atoms with van der Waals surface area (Å²) in [7, 11) is 0. The van der Waals surface area contributed by atoms with Crippen LogP contribution >= 0.6 is 0 Å². The zero-order chi connectivity index (χ0) is 12.1. The molecular formula is C11H17N3O2. The number of non-ortho nitro benzene ring substituents is 1. The molecule has 2 atom stereocenters. The normalized spacial score (nSPS) is 14.4. The molecule has 0 saturated heterocycles. The van der Waals surface area contributed by atoms with Crippen molar-refractivity contribution in [3.63, 3.8) is 0 Å². The molecule has 0 saturated carbocycles. The van der Waals surface area contributed by atoms with Crippen molar-refractivity contribution in [2.24, 2.45) is 5.73 Å². The van der Waals surface area contributed by atoms with E-state index in [2.05, 4.69) is 5.32 Å². The SMILES string of the molecule is CC(CN)NC(C)c1cccc([N+](=O)[O-])c1. The lowest BCUT2D eigenvalue weighted by atomic mass is 10.1. The summed E-state index contributed by atoms with van der Waals surface area (Å²) < 4.78 is 0. The maximum absolute atomic E-state index is 10.6. The van der Waals surface area contributed by atoms with Crippen molar-refractivity contribution in [1.29, 1.82) is 0 Å². The first kappa shape index (κ1) is 12.6. The van der Waals surface area contributed by atoms with Gasteiger partial charge in [-0.05, 0) is 19.4 Å². The van der Waals surface area contributed by atoms with Crippen LogP contribution in [0, 0.1) is 10.1 Å². The Kier molecular flexibility index (Phi) is 4.39. The van der Waals surface area contributed by atoms with Gasteiger partial charge in [0.2, 0.25) is 0 Å². The molecule has 0 aliphatic heterocycles. The van der Waals surface area contributed by atoms with Crippen molar-refractivity contribution in [3.8, 4) is 0 Å². The highest BCUT2D eigenvalue weighted by molar-refractivity contribution is 5.35. The van der Waals surface area contributed by atoms with Gasteiger partial charge in [0.1, 0.15) is 0 Å². The highest BCUT2D eigenvalue weighted by Crippen LogP contribution is 2.19.